The highest BCUT2D eigenvalue weighted by molar-refractivity contribution is 7.13. The molecule has 8 nitrogen and oxygen atoms in total. The summed E-state index contributed by atoms with van der Waals surface area (Å²) in [6, 6.07) is 9.92. The van der Waals surface area contributed by atoms with Gasteiger partial charge in [0.05, 0.1) is 28.6 Å². The van der Waals surface area contributed by atoms with Crippen molar-refractivity contribution in [1.82, 2.24) is 35.1 Å². The molecule has 0 saturated heterocycles. The maximum absolute atomic E-state index is 5.88. The van der Waals surface area contributed by atoms with Gasteiger partial charge in [0.1, 0.15) is 5.69 Å². The Hall–Kier alpha value is -4.11. The summed E-state index contributed by atoms with van der Waals surface area (Å²) in [6.07, 6.45) is 6.88. The lowest BCUT2D eigenvalue weighted by molar-refractivity contribution is 1.10. The van der Waals surface area contributed by atoms with Crippen molar-refractivity contribution >= 4 is 39.1 Å². The van der Waals surface area contributed by atoms with Crippen LogP contribution in [0.15, 0.2) is 60.5 Å². The quantitative estimate of drug-likeness (QED) is 0.400. The zero-order valence-electron chi connectivity index (χ0n) is 15.5. The summed E-state index contributed by atoms with van der Waals surface area (Å²) in [7, 11) is 0. The summed E-state index contributed by atoms with van der Waals surface area (Å²) in [5.74, 6) is 0.649. The van der Waals surface area contributed by atoms with Crippen molar-refractivity contribution in [3.8, 4) is 33.2 Å². The number of nitrogen functional groups attached to an aromatic ring is 1. The Labute approximate surface area is 173 Å². The van der Waals surface area contributed by atoms with Crippen molar-refractivity contribution in [2.75, 3.05) is 5.73 Å². The van der Waals surface area contributed by atoms with E-state index in [2.05, 4.69) is 41.6 Å². The lowest BCUT2D eigenvalue weighted by Crippen LogP contribution is -1.90. The fraction of sp³-hybridized carbons (Fsp3) is 0. The van der Waals surface area contributed by atoms with Crippen LogP contribution in [0.2, 0.25) is 0 Å². The second-order valence-corrected chi connectivity index (χ2v) is 7.76. The van der Waals surface area contributed by atoms with E-state index < -0.39 is 0 Å². The van der Waals surface area contributed by atoms with Crippen LogP contribution < -0.4 is 5.73 Å². The minimum Gasteiger partial charge on any atom is -0.397 e. The monoisotopic (exact) mass is 410 g/mol. The highest BCUT2D eigenvalue weighted by Crippen LogP contribution is 2.33. The van der Waals surface area contributed by atoms with Gasteiger partial charge in [0.2, 0.25) is 0 Å². The van der Waals surface area contributed by atoms with E-state index in [4.69, 9.17) is 10.7 Å². The SMILES string of the molecule is Nc1cncc(-c2cc3c(-c4nc5nccc(-c6cccs6)c5[nH]4)n[nH]c3cn2)c1. The number of aromatic nitrogens is 7. The molecule has 0 saturated carbocycles. The molecule has 4 N–H and O–H groups in total. The number of H-pyrrole nitrogens is 2. The lowest BCUT2D eigenvalue weighted by atomic mass is 10.1. The molecule has 6 aromatic rings. The number of rotatable bonds is 3. The number of pyridine rings is 3. The highest BCUT2D eigenvalue weighted by Gasteiger charge is 2.17. The van der Waals surface area contributed by atoms with Crippen LogP contribution in [-0.2, 0) is 0 Å². The van der Waals surface area contributed by atoms with Gasteiger partial charge in [0.25, 0.3) is 0 Å². The minimum atomic E-state index is 0.589. The number of hydrogen-bond donors (Lipinski definition) is 3. The molecule has 30 heavy (non-hydrogen) atoms. The summed E-state index contributed by atoms with van der Waals surface area (Å²) in [5, 5.41) is 10.5. The van der Waals surface area contributed by atoms with Crippen molar-refractivity contribution in [2.45, 2.75) is 0 Å². The molecule has 0 amide bonds. The second-order valence-electron chi connectivity index (χ2n) is 6.81. The summed E-state index contributed by atoms with van der Waals surface area (Å²) < 4.78 is 0. The van der Waals surface area contributed by atoms with Crippen LogP contribution in [-0.4, -0.2) is 35.1 Å². The summed E-state index contributed by atoms with van der Waals surface area (Å²) >= 11 is 1.68. The molecule has 6 heterocycles. The second kappa shape index (κ2) is 6.46. The van der Waals surface area contributed by atoms with Crippen molar-refractivity contribution in [3.63, 3.8) is 0 Å². The Balaban J connectivity index is 1.52. The van der Waals surface area contributed by atoms with Crippen molar-refractivity contribution in [3.05, 3.63) is 60.5 Å². The van der Waals surface area contributed by atoms with Gasteiger partial charge in [-0.1, -0.05) is 6.07 Å². The van der Waals surface area contributed by atoms with E-state index in [9.17, 15) is 0 Å². The molecule has 9 heteroatoms. The number of nitrogens with one attached hydrogen (secondary N) is 2. The zero-order chi connectivity index (χ0) is 20.1. The van der Waals surface area contributed by atoms with Crippen LogP contribution in [0.25, 0.3) is 55.3 Å². The molecule has 0 aliphatic carbocycles. The largest absolute Gasteiger partial charge is 0.397 e. The van der Waals surface area contributed by atoms with Gasteiger partial charge in [-0.25, -0.2) is 9.97 Å². The molecule has 0 unspecified atom stereocenters. The molecule has 0 bridgehead atoms. The van der Waals surface area contributed by atoms with E-state index in [1.165, 1.54) is 0 Å². The standard InChI is InChI=1S/C21H14N8S/c22-12-6-11(8-23-9-12)15-7-14-16(10-25-15)28-29-19(14)21-26-18-13(17-2-1-5-30-17)3-4-24-20(18)27-21/h1-10H,22H2,(H,28,29)(H,24,26,27). The average Bonchev–Trinajstić information content (AvgIpc) is 3.51. The first-order valence-corrected chi connectivity index (χ1v) is 10.1. The van der Waals surface area contributed by atoms with E-state index in [0.29, 0.717) is 22.9 Å². The van der Waals surface area contributed by atoms with Gasteiger partial charge in [-0.15, -0.1) is 11.3 Å². The molecule has 144 valence electrons. The Bertz CT molecular complexity index is 1510. The maximum atomic E-state index is 5.88. The molecule has 0 radical (unpaired) electrons. The Morgan fingerprint density at radius 2 is 2.00 bits per heavy atom. The summed E-state index contributed by atoms with van der Waals surface area (Å²) in [6.45, 7) is 0. The molecule has 0 aliphatic rings. The molecule has 0 aliphatic heterocycles. The molecule has 6 aromatic heterocycles. The zero-order valence-corrected chi connectivity index (χ0v) is 16.3. The van der Waals surface area contributed by atoms with Gasteiger partial charge in [-0.3, -0.25) is 15.1 Å². The molecule has 0 atom stereocenters. The number of thiophene rings is 1. The highest BCUT2D eigenvalue weighted by atomic mass is 32.1. The van der Waals surface area contributed by atoms with Crippen LogP contribution in [0.3, 0.4) is 0 Å². The van der Waals surface area contributed by atoms with E-state index in [1.807, 2.05) is 24.3 Å². The normalized spacial score (nSPS) is 11.5. The predicted octanol–water partition coefficient (Wildman–Crippen LogP) is 4.27. The molecular weight excluding hydrogens is 396 g/mol. The molecular formula is C21H14N8S. The number of fused-ring (bicyclic) bond motifs is 2. The Morgan fingerprint density at radius 1 is 1.03 bits per heavy atom. The van der Waals surface area contributed by atoms with Crippen molar-refractivity contribution in [1.29, 1.82) is 0 Å². The van der Waals surface area contributed by atoms with Gasteiger partial charge in [0, 0.05) is 40.0 Å². The third-order valence-electron chi connectivity index (χ3n) is 4.91. The van der Waals surface area contributed by atoms with Gasteiger partial charge in [0.15, 0.2) is 11.5 Å². The van der Waals surface area contributed by atoms with Crippen LogP contribution in [0, 0.1) is 0 Å². The molecule has 0 aromatic carbocycles. The minimum absolute atomic E-state index is 0.589. The third-order valence-corrected chi connectivity index (χ3v) is 5.81. The topological polar surface area (TPSA) is 122 Å². The van der Waals surface area contributed by atoms with E-state index in [1.54, 1.807) is 36.1 Å². The van der Waals surface area contributed by atoms with Gasteiger partial charge in [-0.05, 0) is 29.6 Å². The van der Waals surface area contributed by atoms with Crippen LogP contribution in [0.4, 0.5) is 5.69 Å². The first-order chi connectivity index (χ1) is 14.8. The number of nitrogens with zero attached hydrogens (tertiary/aromatic N) is 5. The fourth-order valence-corrected chi connectivity index (χ4v) is 4.27. The molecule has 6 rings (SSSR count). The van der Waals surface area contributed by atoms with Crippen molar-refractivity contribution in [2.24, 2.45) is 0 Å². The van der Waals surface area contributed by atoms with Gasteiger partial charge < -0.3 is 10.7 Å². The van der Waals surface area contributed by atoms with E-state index in [0.717, 1.165) is 38.1 Å². The van der Waals surface area contributed by atoms with Gasteiger partial charge in [-0.2, -0.15) is 5.10 Å². The Kier molecular flexibility index (Phi) is 3.62. The third kappa shape index (κ3) is 2.64. The lowest BCUT2D eigenvalue weighted by Gasteiger charge is -2.02. The van der Waals surface area contributed by atoms with Crippen LogP contribution in [0.1, 0.15) is 0 Å². The fourth-order valence-electron chi connectivity index (χ4n) is 3.51. The predicted molar refractivity (Wildman–Crippen MR) is 118 cm³/mol. The summed E-state index contributed by atoms with van der Waals surface area (Å²) in [4.78, 5) is 22.4. The van der Waals surface area contributed by atoms with E-state index in [-0.39, 0.29) is 0 Å². The molecule has 0 fully saturated rings. The number of aromatic amines is 2. The molecule has 0 spiro atoms. The maximum Gasteiger partial charge on any atom is 0.178 e. The first-order valence-electron chi connectivity index (χ1n) is 9.20. The van der Waals surface area contributed by atoms with Crippen LogP contribution in [0.5, 0.6) is 0 Å². The number of imidazole rings is 1. The number of anilines is 1. The van der Waals surface area contributed by atoms with Gasteiger partial charge >= 0.3 is 0 Å². The average molecular weight is 410 g/mol. The summed E-state index contributed by atoms with van der Waals surface area (Å²) in [5.41, 5.74) is 12.2. The Morgan fingerprint density at radius 3 is 2.87 bits per heavy atom. The van der Waals surface area contributed by atoms with Crippen molar-refractivity contribution < 1.29 is 0 Å². The van der Waals surface area contributed by atoms with Crippen LogP contribution >= 0.6 is 11.3 Å². The first kappa shape index (κ1) is 16.8. The number of hydrogen-bond acceptors (Lipinski definition) is 7. The van der Waals surface area contributed by atoms with E-state index >= 15 is 0 Å². The number of nitrogens with two attached hydrogens (primary N) is 1. The smallest absolute Gasteiger partial charge is 0.178 e.